The van der Waals surface area contributed by atoms with Crippen molar-refractivity contribution in [2.24, 2.45) is 0 Å². The zero-order valence-corrected chi connectivity index (χ0v) is 18.7. The second-order valence-corrected chi connectivity index (χ2v) is 8.18. The van der Waals surface area contributed by atoms with Crippen LogP contribution in [0.5, 0.6) is 0 Å². The summed E-state index contributed by atoms with van der Waals surface area (Å²) in [6, 6.07) is 15.1. The highest BCUT2D eigenvalue weighted by Crippen LogP contribution is 2.24. The molecule has 3 heteroatoms. The van der Waals surface area contributed by atoms with Gasteiger partial charge in [0.15, 0.2) is 0 Å². The molecule has 0 spiro atoms. The summed E-state index contributed by atoms with van der Waals surface area (Å²) in [7, 11) is 0. The minimum Gasteiger partial charge on any atom is -0.545 e. The maximum atomic E-state index is 10.9. The first-order chi connectivity index (χ1) is 14.6. The number of aromatic carboxylic acids is 1. The van der Waals surface area contributed by atoms with Crippen molar-refractivity contribution in [1.29, 1.82) is 0 Å². The second kappa shape index (κ2) is 14.0. The van der Waals surface area contributed by atoms with Gasteiger partial charge in [0.1, 0.15) is 0 Å². The molecule has 0 bridgehead atoms. The van der Waals surface area contributed by atoms with Gasteiger partial charge in [-0.1, -0.05) is 113 Å². The molecule has 3 nitrogen and oxygen atoms in total. The Bertz CT molecular complexity index is 719. The van der Waals surface area contributed by atoms with E-state index >= 15 is 0 Å². The van der Waals surface area contributed by atoms with Crippen molar-refractivity contribution in [1.82, 2.24) is 0 Å². The zero-order valence-electron chi connectivity index (χ0n) is 18.7. The average Bonchev–Trinajstić information content (AvgIpc) is 2.77. The Morgan fingerprint density at radius 2 is 1.23 bits per heavy atom. The third-order valence-corrected chi connectivity index (χ3v) is 5.70. The largest absolute Gasteiger partial charge is 0.545 e. The van der Waals surface area contributed by atoms with Crippen LogP contribution in [0.2, 0.25) is 0 Å². The molecular formula is C27H37O3-. The molecule has 1 atom stereocenters. The Kier molecular flexibility index (Phi) is 11.2. The van der Waals surface area contributed by atoms with Crippen LogP contribution in [-0.4, -0.2) is 12.6 Å². The highest BCUT2D eigenvalue weighted by Gasteiger charge is 2.06. The number of carbonyl (C=O) groups is 1. The van der Waals surface area contributed by atoms with Crippen LogP contribution in [-0.2, 0) is 4.74 Å². The number of unbranched alkanes of at least 4 members (excludes halogenated alkanes) is 9. The van der Waals surface area contributed by atoms with E-state index in [1.165, 1.54) is 57.8 Å². The fourth-order valence-corrected chi connectivity index (χ4v) is 3.69. The summed E-state index contributed by atoms with van der Waals surface area (Å²) in [5.74, 6) is -1.15. The first kappa shape index (κ1) is 24.1. The first-order valence-electron chi connectivity index (χ1n) is 11.6. The maximum Gasteiger partial charge on any atom is 0.0796 e. The molecule has 2 aromatic rings. The van der Waals surface area contributed by atoms with Crippen molar-refractivity contribution >= 4 is 5.97 Å². The number of carboxylic acids is 1. The molecule has 0 heterocycles. The van der Waals surface area contributed by atoms with Crippen molar-refractivity contribution in [3.05, 3.63) is 59.7 Å². The lowest BCUT2D eigenvalue weighted by atomic mass is 10.0. The van der Waals surface area contributed by atoms with Crippen molar-refractivity contribution in [2.75, 3.05) is 6.61 Å². The highest BCUT2D eigenvalue weighted by atomic mass is 16.5. The highest BCUT2D eigenvalue weighted by molar-refractivity contribution is 5.86. The van der Waals surface area contributed by atoms with Gasteiger partial charge >= 0.3 is 0 Å². The number of hydrogen-bond donors (Lipinski definition) is 0. The Labute approximate surface area is 182 Å². The molecule has 2 aromatic carbocycles. The first-order valence-corrected chi connectivity index (χ1v) is 11.6. The number of hydrogen-bond acceptors (Lipinski definition) is 3. The van der Waals surface area contributed by atoms with E-state index in [1.807, 2.05) is 12.1 Å². The summed E-state index contributed by atoms with van der Waals surface area (Å²) in [5, 5.41) is 10.9. The van der Waals surface area contributed by atoms with E-state index in [2.05, 4.69) is 38.1 Å². The van der Waals surface area contributed by atoms with E-state index in [9.17, 15) is 9.90 Å². The monoisotopic (exact) mass is 409 g/mol. The number of rotatable bonds is 15. The summed E-state index contributed by atoms with van der Waals surface area (Å²) >= 11 is 0. The summed E-state index contributed by atoms with van der Waals surface area (Å²) in [5.41, 5.74) is 3.41. The van der Waals surface area contributed by atoms with Gasteiger partial charge in [0.05, 0.1) is 12.1 Å². The normalized spacial score (nSPS) is 12.1. The van der Waals surface area contributed by atoms with E-state index in [0.717, 1.165) is 29.7 Å². The Balaban J connectivity index is 1.63. The minimum atomic E-state index is -1.15. The molecule has 2 rings (SSSR count). The SMILES string of the molecule is CCCCCCCCCCCCOC(C)c1ccc(-c2ccc(C(=O)[O-])cc2)cc1. The van der Waals surface area contributed by atoms with Crippen molar-refractivity contribution in [3.8, 4) is 11.1 Å². The van der Waals surface area contributed by atoms with Gasteiger partial charge in [-0.2, -0.15) is 0 Å². The molecule has 1 unspecified atom stereocenters. The third-order valence-electron chi connectivity index (χ3n) is 5.70. The molecule has 30 heavy (non-hydrogen) atoms. The predicted octanol–water partition coefficient (Wildman–Crippen LogP) is 6.72. The van der Waals surface area contributed by atoms with Crippen LogP contribution < -0.4 is 5.11 Å². The van der Waals surface area contributed by atoms with Crippen LogP contribution >= 0.6 is 0 Å². The predicted molar refractivity (Wildman–Crippen MR) is 122 cm³/mol. The molecule has 0 radical (unpaired) electrons. The molecule has 0 aliphatic carbocycles. The molecule has 0 N–H and O–H groups in total. The Morgan fingerprint density at radius 3 is 1.73 bits per heavy atom. The number of ether oxygens (including phenoxy) is 1. The van der Waals surface area contributed by atoms with Gasteiger partial charge < -0.3 is 14.6 Å². The Morgan fingerprint density at radius 1 is 0.767 bits per heavy atom. The minimum absolute atomic E-state index is 0.0816. The van der Waals surface area contributed by atoms with Gasteiger partial charge in [-0.25, -0.2) is 0 Å². The Hall–Kier alpha value is -2.13. The van der Waals surface area contributed by atoms with Crippen molar-refractivity contribution in [2.45, 2.75) is 84.2 Å². The summed E-state index contributed by atoms with van der Waals surface area (Å²) in [6.07, 6.45) is 13.4. The molecular weight excluding hydrogens is 372 g/mol. The molecule has 164 valence electrons. The number of carboxylic acid groups (broad SMARTS) is 1. The van der Waals surface area contributed by atoms with Crippen LogP contribution in [0.25, 0.3) is 11.1 Å². The molecule has 0 aliphatic rings. The van der Waals surface area contributed by atoms with E-state index in [0.29, 0.717) is 0 Å². The molecule has 0 aromatic heterocycles. The summed E-state index contributed by atoms with van der Waals surface area (Å²) in [4.78, 5) is 10.9. The quantitative estimate of drug-likeness (QED) is 0.307. The van der Waals surface area contributed by atoms with Crippen molar-refractivity contribution in [3.63, 3.8) is 0 Å². The van der Waals surface area contributed by atoms with E-state index in [-0.39, 0.29) is 11.7 Å². The van der Waals surface area contributed by atoms with Gasteiger partial charge in [-0.05, 0) is 35.6 Å². The fourth-order valence-electron chi connectivity index (χ4n) is 3.69. The zero-order chi connectivity index (χ0) is 21.6. The molecule has 0 saturated heterocycles. The average molecular weight is 410 g/mol. The fraction of sp³-hybridized carbons (Fsp3) is 0.519. The van der Waals surface area contributed by atoms with E-state index in [4.69, 9.17) is 4.74 Å². The lowest BCUT2D eigenvalue weighted by molar-refractivity contribution is -0.255. The van der Waals surface area contributed by atoms with Gasteiger partial charge in [-0.3, -0.25) is 0 Å². The van der Waals surface area contributed by atoms with Gasteiger partial charge in [0.2, 0.25) is 0 Å². The van der Waals surface area contributed by atoms with Gasteiger partial charge in [-0.15, -0.1) is 0 Å². The van der Waals surface area contributed by atoms with Crippen LogP contribution in [0.3, 0.4) is 0 Å². The van der Waals surface area contributed by atoms with Crippen LogP contribution in [0.15, 0.2) is 48.5 Å². The van der Waals surface area contributed by atoms with Crippen LogP contribution in [0, 0.1) is 0 Å². The maximum absolute atomic E-state index is 10.9. The third kappa shape index (κ3) is 8.71. The molecule has 0 saturated carbocycles. The lowest BCUT2D eigenvalue weighted by Gasteiger charge is -2.14. The standard InChI is InChI=1S/C27H38O3/c1-3-4-5-6-7-8-9-10-11-12-21-30-22(2)23-13-15-24(16-14-23)25-17-19-26(20-18-25)27(28)29/h13-20,22H,3-12,21H2,1-2H3,(H,28,29)/p-1. The van der Waals surface area contributed by atoms with Gasteiger partial charge in [0.25, 0.3) is 0 Å². The summed E-state index contributed by atoms with van der Waals surface area (Å²) < 4.78 is 6.02. The van der Waals surface area contributed by atoms with Crippen LogP contribution in [0.1, 0.15) is 100 Å². The smallest absolute Gasteiger partial charge is 0.0796 e. The molecule has 0 aliphatic heterocycles. The number of benzene rings is 2. The second-order valence-electron chi connectivity index (χ2n) is 8.18. The lowest BCUT2D eigenvalue weighted by Crippen LogP contribution is -2.21. The molecule has 0 fully saturated rings. The topological polar surface area (TPSA) is 49.4 Å². The molecule has 0 amide bonds. The number of carbonyl (C=O) groups excluding carboxylic acids is 1. The van der Waals surface area contributed by atoms with E-state index in [1.54, 1.807) is 12.1 Å². The van der Waals surface area contributed by atoms with Gasteiger partial charge in [0, 0.05) is 6.61 Å². The van der Waals surface area contributed by atoms with Crippen molar-refractivity contribution < 1.29 is 14.6 Å². The summed E-state index contributed by atoms with van der Waals surface area (Å²) in [6.45, 7) is 5.17. The van der Waals surface area contributed by atoms with E-state index < -0.39 is 5.97 Å². The van der Waals surface area contributed by atoms with Crippen LogP contribution in [0.4, 0.5) is 0 Å².